The molecule has 0 spiro atoms. The highest BCUT2D eigenvalue weighted by Crippen LogP contribution is 2.29. The van der Waals surface area contributed by atoms with Crippen molar-refractivity contribution in [2.45, 2.75) is 26.9 Å². The van der Waals surface area contributed by atoms with Crippen LogP contribution < -0.4 is 0 Å². The standard InChI is InChI=1S/C21H18N6O4S/c1-3-15-9-14(7-8-22-15)20-23-13(2)19(32-20)21(28)31-12-16-11-26(25-24-16)17-5-4-6-18(10-17)27(29)30/h4-11H,3,12H2,1-2H3. The summed E-state index contributed by atoms with van der Waals surface area (Å²) in [5.74, 6) is -0.499. The average molecular weight is 450 g/mol. The minimum atomic E-state index is -0.499. The maximum atomic E-state index is 12.6. The van der Waals surface area contributed by atoms with Gasteiger partial charge in [0.1, 0.15) is 22.2 Å². The van der Waals surface area contributed by atoms with Crippen molar-refractivity contribution >= 4 is 23.0 Å². The molecule has 3 heterocycles. The third-order valence-electron chi connectivity index (χ3n) is 4.60. The molecule has 1 aromatic carbocycles. The number of nitrogens with zero attached hydrogens (tertiary/aromatic N) is 6. The summed E-state index contributed by atoms with van der Waals surface area (Å²) >= 11 is 1.26. The van der Waals surface area contributed by atoms with Crippen LogP contribution >= 0.6 is 11.3 Å². The Labute approximate surface area is 186 Å². The number of thiazole rings is 1. The van der Waals surface area contributed by atoms with E-state index in [1.165, 1.54) is 28.2 Å². The zero-order chi connectivity index (χ0) is 22.7. The number of benzene rings is 1. The quantitative estimate of drug-likeness (QED) is 0.236. The van der Waals surface area contributed by atoms with E-state index in [1.54, 1.807) is 31.5 Å². The summed E-state index contributed by atoms with van der Waals surface area (Å²) in [5, 5.41) is 19.6. The smallest absolute Gasteiger partial charge is 0.350 e. The van der Waals surface area contributed by atoms with E-state index >= 15 is 0 Å². The highest BCUT2D eigenvalue weighted by Gasteiger charge is 2.19. The number of hydrogen-bond acceptors (Lipinski definition) is 9. The Morgan fingerprint density at radius 1 is 1.25 bits per heavy atom. The van der Waals surface area contributed by atoms with Crippen LogP contribution in [0.5, 0.6) is 0 Å². The van der Waals surface area contributed by atoms with Crippen LogP contribution in [0.3, 0.4) is 0 Å². The first-order valence-electron chi connectivity index (χ1n) is 9.70. The van der Waals surface area contributed by atoms with Crippen molar-refractivity contribution < 1.29 is 14.5 Å². The molecule has 0 amide bonds. The van der Waals surface area contributed by atoms with Crippen LogP contribution in [0.1, 0.15) is 33.7 Å². The minimum absolute atomic E-state index is 0.0530. The van der Waals surface area contributed by atoms with Gasteiger partial charge in [-0.05, 0) is 31.5 Å². The van der Waals surface area contributed by atoms with Crippen LogP contribution in [0.4, 0.5) is 5.69 Å². The second-order valence-electron chi connectivity index (χ2n) is 6.83. The summed E-state index contributed by atoms with van der Waals surface area (Å²) in [6.45, 7) is 3.70. The SMILES string of the molecule is CCc1cc(-c2nc(C)c(C(=O)OCc3cn(-c4cccc([N+](=O)[O-])c4)nn3)s2)ccn1. The zero-order valence-corrected chi connectivity index (χ0v) is 18.1. The molecule has 0 fully saturated rings. The summed E-state index contributed by atoms with van der Waals surface area (Å²) in [5.41, 5.74) is 3.29. The topological polar surface area (TPSA) is 126 Å². The van der Waals surface area contributed by atoms with Gasteiger partial charge in [-0.1, -0.05) is 18.2 Å². The van der Waals surface area contributed by atoms with Crippen LogP contribution in [0.25, 0.3) is 16.3 Å². The highest BCUT2D eigenvalue weighted by atomic mass is 32.1. The predicted molar refractivity (Wildman–Crippen MR) is 117 cm³/mol. The van der Waals surface area contributed by atoms with Crippen LogP contribution in [-0.4, -0.2) is 35.9 Å². The molecule has 4 rings (SSSR count). The molecule has 0 radical (unpaired) electrons. The molecule has 0 aliphatic rings. The Balaban J connectivity index is 1.45. The molecule has 0 bridgehead atoms. The van der Waals surface area contributed by atoms with Crippen LogP contribution in [-0.2, 0) is 17.8 Å². The molecule has 0 aliphatic heterocycles. The van der Waals surface area contributed by atoms with Gasteiger partial charge in [0.25, 0.3) is 5.69 Å². The Bertz CT molecular complexity index is 1300. The molecule has 10 nitrogen and oxygen atoms in total. The first-order chi connectivity index (χ1) is 15.4. The number of esters is 1. The summed E-state index contributed by atoms with van der Waals surface area (Å²) in [6.07, 6.45) is 4.10. The summed E-state index contributed by atoms with van der Waals surface area (Å²) < 4.78 is 6.79. The molecule has 0 atom stereocenters. The lowest BCUT2D eigenvalue weighted by Crippen LogP contribution is -2.05. The number of non-ortho nitro benzene ring substituents is 1. The molecule has 0 saturated heterocycles. The second kappa shape index (κ2) is 9.02. The van der Waals surface area contributed by atoms with Crippen molar-refractivity contribution in [1.29, 1.82) is 0 Å². The van der Waals surface area contributed by atoms with Crippen molar-refractivity contribution in [1.82, 2.24) is 25.0 Å². The lowest BCUT2D eigenvalue weighted by atomic mass is 10.2. The number of carbonyl (C=O) groups is 1. The number of ether oxygens (including phenoxy) is 1. The molecule has 0 N–H and O–H groups in total. The van der Waals surface area contributed by atoms with Gasteiger partial charge >= 0.3 is 5.97 Å². The number of carbonyl (C=O) groups excluding carboxylic acids is 1. The summed E-state index contributed by atoms with van der Waals surface area (Å²) in [6, 6.07) is 9.83. The molecule has 3 aromatic heterocycles. The Kier molecular flexibility index (Phi) is 5.99. The maximum Gasteiger partial charge on any atom is 0.350 e. The summed E-state index contributed by atoms with van der Waals surface area (Å²) in [4.78, 5) is 32.3. The number of aryl methyl sites for hydroxylation is 2. The van der Waals surface area contributed by atoms with Crippen LogP contribution in [0.15, 0.2) is 48.8 Å². The van der Waals surface area contributed by atoms with E-state index < -0.39 is 10.9 Å². The number of rotatable bonds is 7. The van der Waals surface area contributed by atoms with Gasteiger partial charge in [-0.15, -0.1) is 16.4 Å². The highest BCUT2D eigenvalue weighted by molar-refractivity contribution is 7.17. The van der Waals surface area contributed by atoms with E-state index in [0.717, 1.165) is 22.7 Å². The second-order valence-corrected chi connectivity index (χ2v) is 7.83. The summed E-state index contributed by atoms with van der Waals surface area (Å²) in [7, 11) is 0. The van der Waals surface area contributed by atoms with Gasteiger partial charge in [-0.3, -0.25) is 15.1 Å². The van der Waals surface area contributed by atoms with E-state index in [2.05, 4.69) is 20.3 Å². The molecule has 32 heavy (non-hydrogen) atoms. The maximum absolute atomic E-state index is 12.6. The van der Waals surface area contributed by atoms with Gasteiger partial charge in [0, 0.05) is 29.6 Å². The predicted octanol–water partition coefficient (Wildman–Crippen LogP) is 3.92. The van der Waals surface area contributed by atoms with Gasteiger partial charge < -0.3 is 4.74 Å². The monoisotopic (exact) mass is 450 g/mol. The van der Waals surface area contributed by atoms with E-state index in [1.807, 2.05) is 19.1 Å². The number of nitro groups is 1. The normalized spacial score (nSPS) is 10.8. The molecule has 0 saturated carbocycles. The number of pyridine rings is 1. The van der Waals surface area contributed by atoms with Gasteiger partial charge in [0.2, 0.25) is 0 Å². The molecular formula is C21H18N6O4S. The number of hydrogen-bond donors (Lipinski definition) is 0. The average Bonchev–Trinajstić information content (AvgIpc) is 3.44. The molecule has 11 heteroatoms. The fourth-order valence-electron chi connectivity index (χ4n) is 2.96. The molecular weight excluding hydrogens is 432 g/mol. The molecule has 162 valence electrons. The number of nitro benzene ring substituents is 1. The Morgan fingerprint density at radius 2 is 2.09 bits per heavy atom. The van der Waals surface area contributed by atoms with Crippen molar-refractivity contribution in [3.63, 3.8) is 0 Å². The largest absolute Gasteiger partial charge is 0.455 e. The van der Waals surface area contributed by atoms with Crippen LogP contribution in [0, 0.1) is 17.0 Å². The van der Waals surface area contributed by atoms with Gasteiger partial charge in [0.15, 0.2) is 0 Å². The van der Waals surface area contributed by atoms with Gasteiger partial charge in [-0.2, -0.15) is 0 Å². The van der Waals surface area contributed by atoms with Crippen LogP contribution in [0.2, 0.25) is 0 Å². The van der Waals surface area contributed by atoms with Crippen molar-refractivity contribution in [2.24, 2.45) is 0 Å². The lowest BCUT2D eigenvalue weighted by molar-refractivity contribution is -0.384. The van der Waals surface area contributed by atoms with E-state index in [0.29, 0.717) is 22.0 Å². The van der Waals surface area contributed by atoms with E-state index in [9.17, 15) is 14.9 Å². The fourth-order valence-corrected chi connectivity index (χ4v) is 3.92. The third kappa shape index (κ3) is 4.52. The van der Waals surface area contributed by atoms with Crippen molar-refractivity contribution in [3.05, 3.63) is 80.9 Å². The third-order valence-corrected chi connectivity index (χ3v) is 5.79. The zero-order valence-electron chi connectivity index (χ0n) is 17.3. The molecule has 0 unspecified atom stereocenters. The fraction of sp³-hybridized carbons (Fsp3) is 0.190. The first kappa shape index (κ1) is 21.2. The minimum Gasteiger partial charge on any atom is -0.455 e. The molecule has 4 aromatic rings. The van der Waals surface area contributed by atoms with Gasteiger partial charge in [-0.25, -0.2) is 14.5 Å². The van der Waals surface area contributed by atoms with E-state index in [4.69, 9.17) is 4.74 Å². The Morgan fingerprint density at radius 3 is 2.88 bits per heavy atom. The first-order valence-corrected chi connectivity index (χ1v) is 10.5. The molecule has 0 aliphatic carbocycles. The number of aromatic nitrogens is 5. The lowest BCUT2D eigenvalue weighted by Gasteiger charge is -2.01. The Hall–Kier alpha value is -3.99. The van der Waals surface area contributed by atoms with E-state index in [-0.39, 0.29) is 12.3 Å². The van der Waals surface area contributed by atoms with Crippen molar-refractivity contribution in [3.8, 4) is 16.3 Å². The van der Waals surface area contributed by atoms with Gasteiger partial charge in [0.05, 0.1) is 22.5 Å². The van der Waals surface area contributed by atoms with Crippen molar-refractivity contribution in [2.75, 3.05) is 0 Å².